The number of carboxylic acid groups (broad SMARTS) is 1. The number of carboxylic acids is 1. The third-order valence-corrected chi connectivity index (χ3v) is 18.4. The molecule has 512 valence electrons. The van der Waals surface area contributed by atoms with Gasteiger partial charge in [-0.3, -0.25) is 28.8 Å². The van der Waals surface area contributed by atoms with E-state index in [1.54, 1.807) is 59.0 Å². The van der Waals surface area contributed by atoms with E-state index in [0.29, 0.717) is 69.2 Å². The summed E-state index contributed by atoms with van der Waals surface area (Å²) in [5, 5.41) is 9.42. The number of hydrogen-bond acceptors (Lipinski definition) is 11. The summed E-state index contributed by atoms with van der Waals surface area (Å²) in [4.78, 5) is 84.7. The predicted molar refractivity (Wildman–Crippen MR) is 361 cm³/mol. The smallest absolute Gasteiger partial charge is 0.870 e. The van der Waals surface area contributed by atoms with Gasteiger partial charge >= 0.3 is 30.8 Å². The van der Waals surface area contributed by atoms with Crippen molar-refractivity contribution in [1.29, 1.82) is 0 Å². The molecule has 2 aliphatic rings. The molecule has 0 aliphatic carbocycles. The van der Waals surface area contributed by atoms with Crippen molar-refractivity contribution in [1.82, 2.24) is 18.9 Å². The maximum atomic E-state index is 15.9. The fraction of sp³-hybridized carbons (Fsp3) is 0.486. The number of ether oxygens (including phenoxy) is 1. The van der Waals surface area contributed by atoms with Crippen LogP contribution < -0.4 is 30.0 Å². The van der Waals surface area contributed by atoms with Crippen LogP contribution in [0.5, 0.6) is 0 Å². The van der Waals surface area contributed by atoms with Crippen molar-refractivity contribution in [3.05, 3.63) is 183 Å². The van der Waals surface area contributed by atoms with E-state index in [0.717, 1.165) is 74.4 Å². The average molecular weight is 1350 g/mol. The van der Waals surface area contributed by atoms with Gasteiger partial charge in [-0.05, 0) is 224 Å². The van der Waals surface area contributed by atoms with E-state index in [-0.39, 0.29) is 117 Å². The van der Waals surface area contributed by atoms with Gasteiger partial charge in [0.2, 0.25) is 0 Å². The van der Waals surface area contributed by atoms with Crippen molar-refractivity contribution < 1.29 is 76.4 Å². The molecule has 21 heteroatoms. The van der Waals surface area contributed by atoms with Crippen molar-refractivity contribution in [3.8, 4) is 22.3 Å². The van der Waals surface area contributed by atoms with Gasteiger partial charge in [-0.15, -0.1) is 0 Å². The number of ketones is 2. The van der Waals surface area contributed by atoms with E-state index in [1.165, 1.54) is 51.6 Å². The minimum Gasteiger partial charge on any atom is -0.870 e. The first-order valence-electron chi connectivity index (χ1n) is 32.1. The third kappa shape index (κ3) is 21.2. The Labute approximate surface area is 578 Å². The van der Waals surface area contributed by atoms with Crippen LogP contribution in [0.15, 0.2) is 82.6 Å². The van der Waals surface area contributed by atoms with Crippen molar-refractivity contribution in [2.45, 2.75) is 165 Å². The number of nitrogens with zero attached hydrogens (tertiary/aromatic N) is 4. The van der Waals surface area contributed by atoms with Crippen LogP contribution in [0.4, 0.5) is 17.6 Å². The first-order chi connectivity index (χ1) is 43.3. The molecule has 0 amide bonds. The number of aromatic nitrogens is 2. The Morgan fingerprint density at radius 1 is 0.547 bits per heavy atom. The molecule has 2 saturated heterocycles. The van der Waals surface area contributed by atoms with E-state index >= 15 is 8.78 Å². The SMILES string of the molecule is CCOC(=O)C[C@H](CC(=O)C(CC(C)C)n1cc(CCN2CC(C)C2)c(C)cc1=O)c1cc(-c2c(C)cc(F)cc2C)cc(Cl)c1F.Cc1cc(=O)n(C(CC(C)C)C(=O)C[C@@H](CC(=O)O)c2cc(-c3c(C)cc(F)cc3C)cc(Cl)c2F)cc1CCN1CC(C)C1.[Li+].[OH-].[OH-]. The molecule has 2 unspecified atom stereocenters. The molecule has 2 aliphatic heterocycles. The van der Waals surface area contributed by atoms with Gasteiger partial charge in [-0.1, -0.05) is 64.7 Å². The largest absolute Gasteiger partial charge is 1.00 e. The van der Waals surface area contributed by atoms with Crippen LogP contribution in [0.1, 0.15) is 167 Å². The van der Waals surface area contributed by atoms with Gasteiger partial charge in [-0.25, -0.2) is 17.6 Å². The fourth-order valence-electron chi connectivity index (χ4n) is 13.5. The Bertz CT molecular complexity index is 3780. The average Bonchev–Trinajstić information content (AvgIpc) is 0.807. The number of hydrogen-bond donors (Lipinski definition) is 1. The van der Waals surface area contributed by atoms with Crippen LogP contribution in [0.25, 0.3) is 22.3 Å². The zero-order valence-corrected chi connectivity index (χ0v) is 58.9. The number of aryl methyl sites for hydroxylation is 6. The topological polar surface area (TPSA) is 208 Å². The molecule has 14 nitrogen and oxygen atoms in total. The summed E-state index contributed by atoms with van der Waals surface area (Å²) in [7, 11) is 0. The quantitative estimate of drug-likeness (QED) is 0.0290. The number of Topliss-reactive ketones (excluding diaryl/α,β-unsaturated/α-hetero) is 2. The Morgan fingerprint density at radius 3 is 1.21 bits per heavy atom. The molecular weight excluding hydrogens is 1260 g/mol. The molecule has 95 heavy (non-hydrogen) atoms. The first kappa shape index (κ1) is 81.2. The van der Waals surface area contributed by atoms with E-state index < -0.39 is 59.7 Å². The molecule has 0 radical (unpaired) electrons. The Kier molecular flexibility index (Phi) is 30.7. The van der Waals surface area contributed by atoms with E-state index in [4.69, 9.17) is 27.9 Å². The van der Waals surface area contributed by atoms with Crippen LogP contribution in [0.2, 0.25) is 10.0 Å². The maximum Gasteiger partial charge on any atom is 1.00 e. The second kappa shape index (κ2) is 35.9. The van der Waals surface area contributed by atoms with E-state index in [2.05, 4.69) is 23.6 Å². The molecule has 4 aromatic carbocycles. The first-order valence-corrected chi connectivity index (χ1v) is 32.9. The molecule has 3 N–H and O–H groups in total. The number of pyridine rings is 2. The molecule has 2 aromatic heterocycles. The number of likely N-dealkylation sites (tertiary alicyclic amines) is 2. The second-order valence-corrected chi connectivity index (χ2v) is 27.7. The summed E-state index contributed by atoms with van der Waals surface area (Å²) in [5.74, 6) is -5.19. The van der Waals surface area contributed by atoms with Gasteiger partial charge < -0.3 is 39.7 Å². The summed E-state index contributed by atoms with van der Waals surface area (Å²) < 4.78 is 67.9. The van der Waals surface area contributed by atoms with E-state index in [9.17, 15) is 42.7 Å². The molecule has 4 atom stereocenters. The molecule has 0 spiro atoms. The molecule has 0 saturated carbocycles. The Balaban J connectivity index is 0.000000392. The summed E-state index contributed by atoms with van der Waals surface area (Å²) in [6.45, 7) is 30.8. The van der Waals surface area contributed by atoms with Crippen LogP contribution in [-0.4, -0.2) is 104 Å². The zero-order chi connectivity index (χ0) is 67.7. The number of halogens is 6. The second-order valence-electron chi connectivity index (χ2n) is 26.9. The van der Waals surface area contributed by atoms with Crippen molar-refractivity contribution in [2.24, 2.45) is 23.7 Å². The van der Waals surface area contributed by atoms with Crippen molar-refractivity contribution >= 4 is 46.7 Å². The monoisotopic (exact) mass is 1350 g/mol. The molecule has 2 fully saturated rings. The summed E-state index contributed by atoms with van der Waals surface area (Å²) in [6, 6.07) is 13.0. The summed E-state index contributed by atoms with van der Waals surface area (Å²) in [5.41, 5.74) is 8.17. The van der Waals surface area contributed by atoms with Gasteiger partial charge in [0.15, 0.2) is 11.6 Å². The van der Waals surface area contributed by atoms with Gasteiger partial charge in [0.1, 0.15) is 23.3 Å². The zero-order valence-electron chi connectivity index (χ0n) is 57.4. The Morgan fingerprint density at radius 2 is 0.895 bits per heavy atom. The van der Waals surface area contributed by atoms with Crippen LogP contribution in [0, 0.1) is 88.5 Å². The fourth-order valence-corrected chi connectivity index (χ4v) is 13.9. The number of rotatable bonds is 27. The predicted octanol–water partition coefficient (Wildman–Crippen LogP) is 12.5. The normalized spacial score (nSPS) is 14.7. The molecular formula is C74H92Cl2F4LiN4O10-. The number of carbonyl (C=O) groups excluding carboxylic acids is 3. The van der Waals surface area contributed by atoms with Crippen LogP contribution in [-0.2, 0) is 36.8 Å². The van der Waals surface area contributed by atoms with Crippen molar-refractivity contribution in [3.63, 3.8) is 0 Å². The third-order valence-electron chi connectivity index (χ3n) is 17.9. The van der Waals surface area contributed by atoms with Gasteiger partial charge in [0.25, 0.3) is 11.1 Å². The molecule has 4 heterocycles. The summed E-state index contributed by atoms with van der Waals surface area (Å²) in [6.07, 6.45) is 4.55. The molecule has 8 rings (SSSR count). The Hall–Kier alpha value is -6.20. The number of aliphatic carboxylic acids is 1. The summed E-state index contributed by atoms with van der Waals surface area (Å²) >= 11 is 12.8. The number of carbonyl (C=O) groups is 4. The van der Waals surface area contributed by atoms with E-state index in [1.807, 2.05) is 47.7 Å². The van der Waals surface area contributed by atoms with Crippen LogP contribution >= 0.6 is 23.2 Å². The van der Waals surface area contributed by atoms with Gasteiger partial charge in [-0.2, -0.15) is 0 Å². The minimum atomic E-state index is -1.20. The van der Waals surface area contributed by atoms with Gasteiger partial charge in [0, 0.05) is 88.5 Å². The standard InChI is InChI=1S/C38H47ClF2N2O4.C36H43ClF2N2O4.Li.2H2O/c1-8-47-36(46)18-28(31-15-29(16-32(39)38(31)41)37-25(6)12-30(40)13-26(37)7)17-34(44)33(11-22(2)3)43-21-27(24(5)14-35(43)45)9-10-42-19-23(4)20-42;1-20(2)9-31(41-19-25(22(4)12-33(41)43)7-8-40-17-21(3)18-40)32(42)15-26(16-34(44)45)29-13-27(14-30(37)36(29)39)35-23(5)10-28(38)11-24(35)6;;;/h12-16,21-23,28,33H,8-11,17-20H2,1-7H3;10-14,19-21,26,31H,7-9,15-18H2,1-6H3,(H,44,45);;2*1H2/q;;+1;;/p-2/t28-,33?;26-,31?;;;/m00.../s1. The maximum absolute atomic E-state index is 15.9. The van der Waals surface area contributed by atoms with Gasteiger partial charge in [0.05, 0.1) is 41.6 Å². The number of benzene rings is 4. The minimum absolute atomic E-state index is 0. The molecule has 0 bridgehead atoms. The molecule has 6 aromatic rings. The van der Waals surface area contributed by atoms with Crippen LogP contribution in [0.3, 0.4) is 0 Å². The number of esters is 1. The van der Waals surface area contributed by atoms with Crippen molar-refractivity contribution in [2.75, 3.05) is 45.9 Å².